The van der Waals surface area contributed by atoms with Gasteiger partial charge in [0.1, 0.15) is 11.5 Å². The van der Waals surface area contributed by atoms with E-state index in [1.54, 1.807) is 18.9 Å². The van der Waals surface area contributed by atoms with Crippen LogP contribution in [0.25, 0.3) is 0 Å². The molecule has 2 heterocycles. The highest BCUT2D eigenvalue weighted by molar-refractivity contribution is 8.00. The van der Waals surface area contributed by atoms with Crippen molar-refractivity contribution < 1.29 is 14.2 Å². The molecule has 0 radical (unpaired) electrons. The van der Waals surface area contributed by atoms with Gasteiger partial charge in [0.15, 0.2) is 11.5 Å². The first-order valence-corrected chi connectivity index (χ1v) is 6.00. The van der Waals surface area contributed by atoms with E-state index >= 15 is 0 Å². The minimum Gasteiger partial charge on any atom is -0.497 e. The summed E-state index contributed by atoms with van der Waals surface area (Å²) in [5.74, 6) is 2.68. The Hall–Kier alpha value is -1.29. The number of hydrogen-bond donors (Lipinski definition) is 0. The molecule has 0 saturated carbocycles. The molecule has 0 spiro atoms. The summed E-state index contributed by atoms with van der Waals surface area (Å²) in [6.45, 7) is 1.95. The number of hydrogen-bond acceptors (Lipinski definition) is 4. The van der Waals surface area contributed by atoms with Crippen molar-refractivity contribution in [2.24, 2.45) is 0 Å². The van der Waals surface area contributed by atoms with Crippen LogP contribution in [0, 0.1) is 0 Å². The Bertz CT molecular complexity index is 456. The molecule has 3 nitrogen and oxygen atoms in total. The van der Waals surface area contributed by atoms with E-state index in [-0.39, 0.29) is 11.5 Å². The van der Waals surface area contributed by atoms with Gasteiger partial charge < -0.3 is 14.2 Å². The number of fused-ring (bicyclic) bond motifs is 2. The van der Waals surface area contributed by atoms with Crippen molar-refractivity contribution in [3.63, 3.8) is 0 Å². The molecule has 0 fully saturated rings. The molecular weight excluding hydrogens is 224 g/mol. The molecule has 2 atom stereocenters. The molecule has 0 aliphatic carbocycles. The van der Waals surface area contributed by atoms with Gasteiger partial charge in [0.05, 0.1) is 17.8 Å². The van der Waals surface area contributed by atoms with Crippen LogP contribution in [0.15, 0.2) is 34.9 Å². The van der Waals surface area contributed by atoms with E-state index in [1.807, 2.05) is 31.2 Å². The Kier molecular flexibility index (Phi) is 2.24. The second-order valence-electron chi connectivity index (χ2n) is 3.78. The normalized spacial score (nSPS) is 26.0. The summed E-state index contributed by atoms with van der Waals surface area (Å²) >= 11 is 1.68. The molecule has 0 unspecified atom stereocenters. The lowest BCUT2D eigenvalue weighted by Crippen LogP contribution is -2.28. The summed E-state index contributed by atoms with van der Waals surface area (Å²) in [6, 6.07) is 5.83. The fraction of sp³-hybridized carbons (Fsp3) is 0.333. The predicted molar refractivity (Wildman–Crippen MR) is 61.9 cm³/mol. The second kappa shape index (κ2) is 3.63. The average molecular weight is 236 g/mol. The van der Waals surface area contributed by atoms with Crippen molar-refractivity contribution >= 4 is 11.8 Å². The Morgan fingerprint density at radius 1 is 1.31 bits per heavy atom. The van der Waals surface area contributed by atoms with Crippen LogP contribution < -0.4 is 9.47 Å². The molecular formula is C12H12O3S. The number of benzene rings is 1. The van der Waals surface area contributed by atoms with Crippen molar-refractivity contribution in [3.05, 3.63) is 30.0 Å². The summed E-state index contributed by atoms with van der Waals surface area (Å²) in [5, 5.41) is 0. The van der Waals surface area contributed by atoms with Gasteiger partial charge in [0, 0.05) is 0 Å². The number of ether oxygens (including phenoxy) is 3. The monoisotopic (exact) mass is 236 g/mol. The van der Waals surface area contributed by atoms with Gasteiger partial charge in [0.25, 0.3) is 0 Å². The third kappa shape index (κ3) is 1.53. The first kappa shape index (κ1) is 9.90. The minimum atomic E-state index is 0.0332. The van der Waals surface area contributed by atoms with Gasteiger partial charge in [-0.3, -0.25) is 0 Å². The highest BCUT2D eigenvalue weighted by atomic mass is 32.2. The molecule has 3 rings (SSSR count). The molecule has 0 amide bonds. The number of rotatable bonds is 1. The number of thioether (sulfide) groups is 1. The lowest BCUT2D eigenvalue weighted by molar-refractivity contribution is 0.118. The minimum absolute atomic E-state index is 0.0332. The molecule has 2 aliphatic rings. The van der Waals surface area contributed by atoms with Crippen LogP contribution in [0.3, 0.4) is 0 Å². The largest absolute Gasteiger partial charge is 0.497 e. The van der Waals surface area contributed by atoms with Gasteiger partial charge in [-0.1, -0.05) is 11.8 Å². The maximum absolute atomic E-state index is 5.85. The van der Waals surface area contributed by atoms with Crippen LogP contribution >= 0.6 is 11.8 Å². The highest BCUT2D eigenvalue weighted by Crippen LogP contribution is 2.44. The van der Waals surface area contributed by atoms with Crippen LogP contribution in [0.1, 0.15) is 6.92 Å². The van der Waals surface area contributed by atoms with Gasteiger partial charge in [-0.15, -0.1) is 0 Å². The van der Waals surface area contributed by atoms with Crippen molar-refractivity contribution in [2.75, 3.05) is 7.11 Å². The van der Waals surface area contributed by atoms with Gasteiger partial charge >= 0.3 is 0 Å². The van der Waals surface area contributed by atoms with E-state index in [2.05, 4.69) is 0 Å². The molecule has 0 N–H and O–H groups in total. The maximum Gasteiger partial charge on any atom is 0.189 e. The second-order valence-corrected chi connectivity index (χ2v) is 4.92. The lowest BCUT2D eigenvalue weighted by Gasteiger charge is -2.27. The first-order chi connectivity index (χ1) is 7.76. The average Bonchev–Trinajstić information content (AvgIpc) is 2.64. The quantitative estimate of drug-likeness (QED) is 0.749. The molecule has 16 heavy (non-hydrogen) atoms. The predicted octanol–water partition coefficient (Wildman–Crippen LogP) is 2.81. The molecule has 2 aliphatic heterocycles. The van der Waals surface area contributed by atoms with E-state index in [0.29, 0.717) is 0 Å². The van der Waals surface area contributed by atoms with E-state index in [4.69, 9.17) is 14.2 Å². The fourth-order valence-electron chi connectivity index (χ4n) is 1.86. The Morgan fingerprint density at radius 2 is 2.19 bits per heavy atom. The third-order valence-electron chi connectivity index (χ3n) is 2.63. The molecule has 4 heteroatoms. The fourth-order valence-corrected chi connectivity index (χ4v) is 2.99. The first-order valence-electron chi connectivity index (χ1n) is 5.13. The molecule has 0 saturated heterocycles. The summed E-state index contributed by atoms with van der Waals surface area (Å²) in [7, 11) is 1.66. The van der Waals surface area contributed by atoms with Crippen LogP contribution in [0.2, 0.25) is 0 Å². The molecule has 0 aromatic heterocycles. The van der Waals surface area contributed by atoms with Gasteiger partial charge in [-0.25, -0.2) is 0 Å². The SMILES string of the molecule is COc1ccc2c(c1)S[C@H]1OC(C)=C[C@H]1O2. The molecule has 84 valence electrons. The van der Waals surface area contributed by atoms with E-state index < -0.39 is 0 Å². The van der Waals surface area contributed by atoms with Gasteiger partial charge in [-0.05, 0) is 31.2 Å². The maximum atomic E-state index is 5.85. The molecule has 0 bridgehead atoms. The third-order valence-corrected chi connectivity index (χ3v) is 3.80. The molecule has 1 aromatic rings. The number of allylic oxidation sites excluding steroid dienone is 1. The van der Waals surface area contributed by atoms with Crippen LogP contribution in [0.4, 0.5) is 0 Å². The van der Waals surface area contributed by atoms with E-state index in [1.165, 1.54) is 0 Å². The summed E-state index contributed by atoms with van der Waals surface area (Å²) in [5.41, 5.74) is 0.0413. The summed E-state index contributed by atoms with van der Waals surface area (Å²) in [6.07, 6.45) is 2.05. The zero-order chi connectivity index (χ0) is 11.1. The summed E-state index contributed by atoms with van der Waals surface area (Å²) in [4.78, 5) is 1.07. The van der Waals surface area contributed by atoms with E-state index in [9.17, 15) is 0 Å². The van der Waals surface area contributed by atoms with Crippen molar-refractivity contribution in [3.8, 4) is 11.5 Å². The van der Waals surface area contributed by atoms with Crippen LogP contribution in [-0.4, -0.2) is 18.6 Å². The summed E-state index contributed by atoms with van der Waals surface area (Å²) < 4.78 is 16.7. The van der Waals surface area contributed by atoms with Crippen molar-refractivity contribution in [1.29, 1.82) is 0 Å². The van der Waals surface area contributed by atoms with Gasteiger partial charge in [-0.2, -0.15) is 0 Å². The molecule has 1 aromatic carbocycles. The van der Waals surface area contributed by atoms with Crippen molar-refractivity contribution in [2.45, 2.75) is 23.4 Å². The highest BCUT2D eigenvalue weighted by Gasteiger charge is 2.35. The topological polar surface area (TPSA) is 27.7 Å². The van der Waals surface area contributed by atoms with Crippen LogP contribution in [0.5, 0.6) is 11.5 Å². The Labute approximate surface area is 98.4 Å². The van der Waals surface area contributed by atoms with Gasteiger partial charge in [0.2, 0.25) is 0 Å². The zero-order valence-corrected chi connectivity index (χ0v) is 9.91. The lowest BCUT2D eigenvalue weighted by atomic mass is 10.3. The zero-order valence-electron chi connectivity index (χ0n) is 9.10. The smallest absolute Gasteiger partial charge is 0.189 e. The number of methoxy groups -OCH3 is 1. The Balaban J connectivity index is 1.92. The van der Waals surface area contributed by atoms with Crippen molar-refractivity contribution in [1.82, 2.24) is 0 Å². The van der Waals surface area contributed by atoms with Crippen LogP contribution in [-0.2, 0) is 4.74 Å². The Morgan fingerprint density at radius 3 is 3.00 bits per heavy atom. The standard InChI is InChI=1S/C12H12O3S/c1-7-5-10-12(14-7)16-11-6-8(13-2)3-4-9(11)15-10/h3-6,10,12H,1-2H3/t10-,12-/m1/s1. The van der Waals surface area contributed by atoms with E-state index in [0.717, 1.165) is 22.2 Å².